The smallest absolute Gasteiger partial charge is 0.226 e. The molecular formula is C12H19N3O2. The number of nitrogens with one attached hydrogen (secondary N) is 1. The van der Waals surface area contributed by atoms with E-state index in [0.29, 0.717) is 18.4 Å². The molecule has 2 N–H and O–H groups in total. The van der Waals surface area contributed by atoms with Gasteiger partial charge in [0.2, 0.25) is 11.8 Å². The zero-order chi connectivity index (χ0) is 12.1. The Hall–Kier alpha value is -1.36. The Balaban J connectivity index is 1.99. The van der Waals surface area contributed by atoms with Crippen LogP contribution in [0.25, 0.3) is 0 Å². The Bertz CT molecular complexity index is 359. The number of aliphatic hydroxyl groups is 1. The highest BCUT2D eigenvalue weighted by atomic mass is 16.5. The Morgan fingerprint density at radius 2 is 2.29 bits per heavy atom. The van der Waals surface area contributed by atoms with E-state index in [9.17, 15) is 5.11 Å². The van der Waals surface area contributed by atoms with E-state index >= 15 is 0 Å². The summed E-state index contributed by atoms with van der Waals surface area (Å²) < 4.78 is 5.31. The van der Waals surface area contributed by atoms with Crippen molar-refractivity contribution in [3.05, 3.63) is 12.3 Å². The third-order valence-corrected chi connectivity index (χ3v) is 2.97. The zero-order valence-corrected chi connectivity index (χ0v) is 10.1. The summed E-state index contributed by atoms with van der Waals surface area (Å²) in [5.41, 5.74) is 0. The summed E-state index contributed by atoms with van der Waals surface area (Å²) in [6, 6.07) is 1.78. The summed E-state index contributed by atoms with van der Waals surface area (Å²) in [6.45, 7) is 2.50. The van der Waals surface area contributed by atoms with Crippen LogP contribution >= 0.6 is 0 Å². The average molecular weight is 237 g/mol. The molecule has 1 saturated carbocycles. The second-order valence-corrected chi connectivity index (χ2v) is 4.25. The Labute approximate surface area is 101 Å². The summed E-state index contributed by atoms with van der Waals surface area (Å²) in [4.78, 5) is 8.37. The fraction of sp³-hybridized carbons (Fsp3) is 0.667. The van der Waals surface area contributed by atoms with Crippen LogP contribution in [0.5, 0.6) is 5.88 Å². The van der Waals surface area contributed by atoms with E-state index in [4.69, 9.17) is 4.74 Å². The number of aliphatic hydroxyl groups excluding tert-OH is 1. The Kier molecular flexibility index (Phi) is 4.14. The quantitative estimate of drug-likeness (QED) is 0.832. The van der Waals surface area contributed by atoms with Gasteiger partial charge >= 0.3 is 0 Å². The van der Waals surface area contributed by atoms with E-state index in [0.717, 1.165) is 25.7 Å². The zero-order valence-electron chi connectivity index (χ0n) is 10.1. The second-order valence-electron chi connectivity index (χ2n) is 4.25. The van der Waals surface area contributed by atoms with Gasteiger partial charge in [-0.05, 0) is 19.8 Å². The molecule has 1 aromatic heterocycles. The molecule has 2 unspecified atom stereocenters. The van der Waals surface area contributed by atoms with Crippen molar-refractivity contribution in [3.63, 3.8) is 0 Å². The molecular weight excluding hydrogens is 218 g/mol. The van der Waals surface area contributed by atoms with Crippen LogP contribution in [0, 0.1) is 0 Å². The molecule has 5 nitrogen and oxygen atoms in total. The monoisotopic (exact) mass is 237 g/mol. The molecule has 17 heavy (non-hydrogen) atoms. The molecule has 5 heteroatoms. The first kappa shape index (κ1) is 12.1. The van der Waals surface area contributed by atoms with Gasteiger partial charge in [-0.1, -0.05) is 12.8 Å². The highest BCUT2D eigenvalue weighted by molar-refractivity contribution is 5.29. The average Bonchev–Trinajstić information content (AvgIpc) is 2.33. The summed E-state index contributed by atoms with van der Waals surface area (Å²) in [5, 5.41) is 13.0. The summed E-state index contributed by atoms with van der Waals surface area (Å²) in [7, 11) is 0. The summed E-state index contributed by atoms with van der Waals surface area (Å²) in [6.07, 6.45) is 5.41. The van der Waals surface area contributed by atoms with Gasteiger partial charge in [0, 0.05) is 12.3 Å². The fourth-order valence-corrected chi connectivity index (χ4v) is 2.09. The van der Waals surface area contributed by atoms with Gasteiger partial charge < -0.3 is 15.2 Å². The van der Waals surface area contributed by atoms with E-state index < -0.39 is 0 Å². The third-order valence-electron chi connectivity index (χ3n) is 2.97. The normalized spacial score (nSPS) is 24.4. The third kappa shape index (κ3) is 3.30. The number of rotatable bonds is 4. The molecule has 1 aliphatic carbocycles. The minimum absolute atomic E-state index is 0.0561. The molecule has 2 atom stereocenters. The van der Waals surface area contributed by atoms with E-state index in [1.165, 1.54) is 0 Å². The van der Waals surface area contributed by atoms with Crippen LogP contribution < -0.4 is 10.1 Å². The molecule has 0 saturated heterocycles. The number of nitrogens with zero attached hydrogens (tertiary/aromatic N) is 2. The Morgan fingerprint density at radius 1 is 1.47 bits per heavy atom. The fourth-order valence-electron chi connectivity index (χ4n) is 2.09. The molecule has 1 aromatic rings. The van der Waals surface area contributed by atoms with Gasteiger partial charge in [-0.3, -0.25) is 0 Å². The molecule has 1 fully saturated rings. The molecule has 0 aliphatic heterocycles. The van der Waals surface area contributed by atoms with Crippen molar-refractivity contribution in [2.75, 3.05) is 11.9 Å². The topological polar surface area (TPSA) is 67.3 Å². The minimum Gasteiger partial charge on any atom is -0.478 e. The van der Waals surface area contributed by atoms with Gasteiger partial charge in [-0.15, -0.1) is 0 Å². The van der Waals surface area contributed by atoms with Gasteiger partial charge in [0.25, 0.3) is 0 Å². The molecule has 0 amide bonds. The number of hydrogen-bond acceptors (Lipinski definition) is 5. The lowest BCUT2D eigenvalue weighted by Crippen LogP contribution is -2.36. The van der Waals surface area contributed by atoms with Crippen LogP contribution in [-0.2, 0) is 0 Å². The number of ether oxygens (including phenoxy) is 1. The molecule has 0 bridgehead atoms. The maximum absolute atomic E-state index is 9.85. The molecule has 0 aromatic carbocycles. The van der Waals surface area contributed by atoms with E-state index in [1.807, 2.05) is 6.92 Å². The van der Waals surface area contributed by atoms with Gasteiger partial charge in [-0.25, -0.2) is 4.98 Å². The highest BCUT2D eigenvalue weighted by Crippen LogP contribution is 2.21. The number of anilines is 1. The standard InChI is InChI=1S/C12H19N3O2/c1-2-17-11-7-8-13-12(15-11)14-9-5-3-4-6-10(9)16/h7-10,16H,2-6H2,1H3,(H,13,14,15). The van der Waals surface area contributed by atoms with Crippen LogP contribution in [-0.4, -0.2) is 33.8 Å². The van der Waals surface area contributed by atoms with Gasteiger partial charge in [0.15, 0.2) is 0 Å². The van der Waals surface area contributed by atoms with Crippen LogP contribution in [0.3, 0.4) is 0 Å². The van der Waals surface area contributed by atoms with Crippen molar-refractivity contribution < 1.29 is 9.84 Å². The molecule has 1 aliphatic rings. The lowest BCUT2D eigenvalue weighted by Gasteiger charge is -2.28. The van der Waals surface area contributed by atoms with Crippen molar-refractivity contribution in [1.82, 2.24) is 9.97 Å². The lowest BCUT2D eigenvalue weighted by atomic mass is 9.93. The Morgan fingerprint density at radius 3 is 3.06 bits per heavy atom. The number of aromatic nitrogens is 2. The van der Waals surface area contributed by atoms with Crippen molar-refractivity contribution in [3.8, 4) is 5.88 Å². The maximum Gasteiger partial charge on any atom is 0.226 e. The van der Waals surface area contributed by atoms with E-state index in [2.05, 4.69) is 15.3 Å². The molecule has 0 radical (unpaired) electrons. The van der Waals surface area contributed by atoms with Crippen LogP contribution in [0.1, 0.15) is 32.6 Å². The number of hydrogen-bond donors (Lipinski definition) is 2. The second kappa shape index (κ2) is 5.82. The first-order valence-corrected chi connectivity index (χ1v) is 6.20. The molecule has 2 rings (SSSR count). The van der Waals surface area contributed by atoms with Crippen LogP contribution in [0.15, 0.2) is 12.3 Å². The predicted molar refractivity (Wildman–Crippen MR) is 65.1 cm³/mol. The van der Waals surface area contributed by atoms with Crippen molar-refractivity contribution in [2.45, 2.75) is 44.8 Å². The van der Waals surface area contributed by atoms with Gasteiger partial charge in [-0.2, -0.15) is 4.98 Å². The molecule has 1 heterocycles. The highest BCUT2D eigenvalue weighted by Gasteiger charge is 2.23. The van der Waals surface area contributed by atoms with Crippen molar-refractivity contribution in [1.29, 1.82) is 0 Å². The maximum atomic E-state index is 9.85. The lowest BCUT2D eigenvalue weighted by molar-refractivity contribution is 0.116. The molecule has 0 spiro atoms. The van der Waals surface area contributed by atoms with Crippen LogP contribution in [0.4, 0.5) is 5.95 Å². The SMILES string of the molecule is CCOc1ccnc(NC2CCCCC2O)n1. The summed E-state index contributed by atoms with van der Waals surface area (Å²) in [5.74, 6) is 1.09. The first-order valence-electron chi connectivity index (χ1n) is 6.20. The molecule has 94 valence electrons. The van der Waals surface area contributed by atoms with Crippen molar-refractivity contribution >= 4 is 5.95 Å². The minimum atomic E-state index is -0.303. The first-order chi connectivity index (χ1) is 8.29. The summed E-state index contributed by atoms with van der Waals surface area (Å²) >= 11 is 0. The van der Waals surface area contributed by atoms with E-state index in [-0.39, 0.29) is 12.1 Å². The van der Waals surface area contributed by atoms with Crippen LogP contribution in [0.2, 0.25) is 0 Å². The van der Waals surface area contributed by atoms with E-state index in [1.54, 1.807) is 12.3 Å². The van der Waals surface area contributed by atoms with Gasteiger partial charge in [0.05, 0.1) is 18.8 Å². The van der Waals surface area contributed by atoms with Gasteiger partial charge in [0.1, 0.15) is 0 Å². The predicted octanol–water partition coefficient (Wildman–Crippen LogP) is 1.59. The van der Waals surface area contributed by atoms with Crippen molar-refractivity contribution in [2.24, 2.45) is 0 Å². The largest absolute Gasteiger partial charge is 0.478 e.